The van der Waals surface area contributed by atoms with Gasteiger partial charge in [-0.2, -0.15) is 0 Å². The van der Waals surface area contributed by atoms with E-state index >= 15 is 0 Å². The predicted octanol–water partition coefficient (Wildman–Crippen LogP) is 2.39. The quantitative estimate of drug-likeness (QED) is 0.866. The average molecular weight is 329 g/mol. The number of sulfone groups is 1. The summed E-state index contributed by atoms with van der Waals surface area (Å²) in [6.45, 7) is 5.41. The lowest BCUT2D eigenvalue weighted by atomic mass is 10.1. The van der Waals surface area contributed by atoms with Crippen LogP contribution in [0.1, 0.15) is 26.3 Å². The summed E-state index contributed by atoms with van der Waals surface area (Å²) in [5.74, 6) is -0.136. The molecule has 124 valence electrons. The van der Waals surface area contributed by atoms with Gasteiger partial charge in [-0.1, -0.05) is 18.2 Å². The van der Waals surface area contributed by atoms with Gasteiger partial charge in [0.25, 0.3) is 0 Å². The molecule has 0 radical (unpaired) electrons. The first-order valence-electron chi connectivity index (χ1n) is 6.90. The molecule has 0 aromatic heterocycles. The van der Waals surface area contributed by atoms with Crippen molar-refractivity contribution in [3.8, 4) is 0 Å². The molecule has 0 spiro atoms. The lowest BCUT2D eigenvalue weighted by molar-refractivity contribution is 0.0950. The zero-order chi connectivity index (χ0) is 17.0. The summed E-state index contributed by atoms with van der Waals surface area (Å²) in [5, 5.41) is 9.36. The summed E-state index contributed by atoms with van der Waals surface area (Å²) in [6, 6.07) is 6.48. The number of benzene rings is 1. The molecule has 1 amide bonds. The van der Waals surface area contributed by atoms with E-state index in [1.807, 2.05) is 0 Å². The highest BCUT2D eigenvalue weighted by atomic mass is 32.2. The molecule has 0 saturated carbocycles. The minimum absolute atomic E-state index is 0.0151. The van der Waals surface area contributed by atoms with Crippen LogP contribution in [-0.4, -0.2) is 49.5 Å². The fourth-order valence-electron chi connectivity index (χ4n) is 2.00. The molecule has 22 heavy (non-hydrogen) atoms. The van der Waals surface area contributed by atoms with E-state index in [1.165, 1.54) is 18.1 Å². The normalized spacial score (nSPS) is 12.2. The van der Waals surface area contributed by atoms with E-state index in [0.717, 1.165) is 0 Å². The molecule has 0 aliphatic heterocycles. The van der Waals surface area contributed by atoms with E-state index in [0.29, 0.717) is 5.56 Å². The van der Waals surface area contributed by atoms with Crippen LogP contribution in [0.3, 0.4) is 0 Å². The number of methoxy groups -OCH3 is 1. The molecule has 1 rings (SSSR count). The van der Waals surface area contributed by atoms with Crippen molar-refractivity contribution < 1.29 is 23.1 Å². The Morgan fingerprint density at radius 3 is 2.36 bits per heavy atom. The van der Waals surface area contributed by atoms with Gasteiger partial charge in [0.05, 0.1) is 23.8 Å². The second kappa shape index (κ2) is 7.11. The third kappa shape index (κ3) is 4.71. The van der Waals surface area contributed by atoms with E-state index in [2.05, 4.69) is 0 Å². The van der Waals surface area contributed by atoms with Crippen molar-refractivity contribution in [2.24, 2.45) is 0 Å². The maximum absolute atomic E-state index is 12.4. The maximum Gasteiger partial charge on any atom is 0.408 e. The van der Waals surface area contributed by atoms with Gasteiger partial charge in [-0.25, -0.2) is 13.2 Å². The second-order valence-corrected chi connectivity index (χ2v) is 8.04. The van der Waals surface area contributed by atoms with E-state index in [1.54, 1.807) is 39.0 Å². The fourth-order valence-corrected chi connectivity index (χ4v) is 3.43. The van der Waals surface area contributed by atoms with Crippen LogP contribution in [0.25, 0.3) is 0 Å². The molecular formula is C15H23NO5S. The topological polar surface area (TPSA) is 83.9 Å². The Morgan fingerprint density at radius 1 is 1.27 bits per heavy atom. The minimum atomic E-state index is -3.51. The first-order chi connectivity index (χ1) is 10.1. The van der Waals surface area contributed by atoms with Crippen molar-refractivity contribution in [1.82, 2.24) is 4.90 Å². The SMILES string of the molecule is COCCS(=O)(=O)c1ccccc1CN(C(=O)O)C(C)(C)C. The molecule has 6 nitrogen and oxygen atoms in total. The van der Waals surface area contributed by atoms with E-state index in [4.69, 9.17) is 4.74 Å². The molecule has 0 bridgehead atoms. The molecule has 1 aromatic carbocycles. The molecule has 0 unspecified atom stereocenters. The van der Waals surface area contributed by atoms with Gasteiger partial charge >= 0.3 is 6.09 Å². The first kappa shape index (κ1) is 18.4. The summed E-state index contributed by atoms with van der Waals surface area (Å²) in [7, 11) is -2.08. The van der Waals surface area contributed by atoms with Gasteiger partial charge in [0.2, 0.25) is 0 Å². The largest absolute Gasteiger partial charge is 0.465 e. The average Bonchev–Trinajstić information content (AvgIpc) is 2.41. The Kier molecular flexibility index (Phi) is 5.96. The van der Waals surface area contributed by atoms with Gasteiger partial charge in [0, 0.05) is 12.6 Å². The van der Waals surface area contributed by atoms with Crippen LogP contribution in [-0.2, 0) is 21.1 Å². The number of amides is 1. The third-order valence-corrected chi connectivity index (χ3v) is 5.01. The number of hydrogen-bond donors (Lipinski definition) is 1. The van der Waals surface area contributed by atoms with Crippen LogP contribution in [0.15, 0.2) is 29.2 Å². The summed E-state index contributed by atoms with van der Waals surface area (Å²) in [5.41, 5.74) is -0.161. The van der Waals surface area contributed by atoms with Gasteiger partial charge in [0.1, 0.15) is 0 Å². The number of ether oxygens (including phenoxy) is 1. The fraction of sp³-hybridized carbons (Fsp3) is 0.533. The number of rotatable bonds is 6. The summed E-state index contributed by atoms with van der Waals surface area (Å²) in [6.07, 6.45) is -1.09. The first-order valence-corrected chi connectivity index (χ1v) is 8.55. The van der Waals surface area contributed by atoms with Crippen molar-refractivity contribution in [3.05, 3.63) is 29.8 Å². The number of carboxylic acid groups (broad SMARTS) is 1. The van der Waals surface area contributed by atoms with Crippen molar-refractivity contribution in [2.75, 3.05) is 19.5 Å². The lowest BCUT2D eigenvalue weighted by Gasteiger charge is -2.33. The molecule has 0 aliphatic carbocycles. The van der Waals surface area contributed by atoms with Crippen molar-refractivity contribution >= 4 is 15.9 Å². The molecule has 7 heteroatoms. The lowest BCUT2D eigenvalue weighted by Crippen LogP contribution is -2.44. The van der Waals surface area contributed by atoms with E-state index in [-0.39, 0.29) is 23.8 Å². The van der Waals surface area contributed by atoms with Crippen LogP contribution in [0.4, 0.5) is 4.79 Å². The van der Waals surface area contributed by atoms with Crippen LogP contribution in [0, 0.1) is 0 Å². The van der Waals surface area contributed by atoms with Crippen molar-refractivity contribution in [2.45, 2.75) is 37.8 Å². The minimum Gasteiger partial charge on any atom is -0.465 e. The highest BCUT2D eigenvalue weighted by Crippen LogP contribution is 2.23. The highest BCUT2D eigenvalue weighted by molar-refractivity contribution is 7.91. The van der Waals surface area contributed by atoms with Crippen molar-refractivity contribution in [1.29, 1.82) is 0 Å². The summed E-state index contributed by atoms with van der Waals surface area (Å²) >= 11 is 0. The van der Waals surface area contributed by atoms with Crippen LogP contribution >= 0.6 is 0 Å². The Bertz CT molecular complexity index is 619. The summed E-state index contributed by atoms with van der Waals surface area (Å²) < 4.78 is 29.6. The number of nitrogens with zero attached hydrogens (tertiary/aromatic N) is 1. The number of hydrogen-bond acceptors (Lipinski definition) is 4. The Balaban J connectivity index is 3.19. The van der Waals surface area contributed by atoms with Crippen molar-refractivity contribution in [3.63, 3.8) is 0 Å². The van der Waals surface area contributed by atoms with Crippen LogP contribution < -0.4 is 0 Å². The summed E-state index contributed by atoms with van der Waals surface area (Å²) in [4.78, 5) is 12.8. The standard InChI is InChI=1S/C15H23NO5S/c1-15(2,3)16(14(17)18)11-12-7-5-6-8-13(12)22(19,20)10-9-21-4/h5-8H,9-11H2,1-4H3,(H,17,18). The van der Waals surface area contributed by atoms with Gasteiger partial charge < -0.3 is 9.84 Å². The molecule has 0 atom stereocenters. The number of carbonyl (C=O) groups is 1. The monoisotopic (exact) mass is 329 g/mol. The van der Waals surface area contributed by atoms with Gasteiger partial charge in [-0.05, 0) is 32.4 Å². The molecule has 0 fully saturated rings. The highest BCUT2D eigenvalue weighted by Gasteiger charge is 2.28. The molecule has 0 aliphatic rings. The molecule has 1 aromatic rings. The predicted molar refractivity (Wildman–Crippen MR) is 83.7 cm³/mol. The molecular weight excluding hydrogens is 306 g/mol. The Labute approximate surface area is 131 Å². The van der Waals surface area contributed by atoms with Gasteiger partial charge in [-0.15, -0.1) is 0 Å². The third-order valence-electron chi connectivity index (χ3n) is 3.23. The zero-order valence-corrected chi connectivity index (χ0v) is 14.2. The van der Waals surface area contributed by atoms with Crippen LogP contribution in [0.2, 0.25) is 0 Å². The van der Waals surface area contributed by atoms with Gasteiger partial charge in [-0.3, -0.25) is 4.90 Å². The van der Waals surface area contributed by atoms with E-state index < -0.39 is 21.5 Å². The van der Waals surface area contributed by atoms with Crippen LogP contribution in [0.5, 0.6) is 0 Å². The maximum atomic E-state index is 12.4. The Morgan fingerprint density at radius 2 is 1.86 bits per heavy atom. The van der Waals surface area contributed by atoms with E-state index in [9.17, 15) is 18.3 Å². The van der Waals surface area contributed by atoms with Gasteiger partial charge in [0.15, 0.2) is 9.84 Å². The smallest absolute Gasteiger partial charge is 0.408 e. The molecule has 0 saturated heterocycles. The zero-order valence-electron chi connectivity index (χ0n) is 13.4. The molecule has 1 N–H and O–H groups in total. The molecule has 0 heterocycles. The second-order valence-electron chi connectivity index (χ2n) is 5.96. The Hall–Kier alpha value is -1.60.